The topological polar surface area (TPSA) is 29.1 Å². The molecule has 1 aromatic rings. The van der Waals surface area contributed by atoms with Crippen LogP contribution in [0.2, 0.25) is 0 Å². The number of carbonyl (C=O) groups is 1. The van der Waals surface area contributed by atoms with Gasteiger partial charge >= 0.3 is 0 Å². The lowest BCUT2D eigenvalue weighted by Gasteiger charge is -2.29. The van der Waals surface area contributed by atoms with Crippen LogP contribution in [0.4, 0.5) is 0 Å². The number of hydrogen-bond donors (Lipinski definition) is 1. The smallest absolute Gasteiger partial charge is 0.251 e. The summed E-state index contributed by atoms with van der Waals surface area (Å²) in [7, 11) is 0. The normalized spacial score (nSPS) is 31.6. The molecule has 0 spiro atoms. The van der Waals surface area contributed by atoms with Crippen LogP contribution in [0.15, 0.2) is 18.2 Å². The summed E-state index contributed by atoms with van der Waals surface area (Å²) >= 11 is 0. The molecule has 3 aliphatic rings. The summed E-state index contributed by atoms with van der Waals surface area (Å²) in [6, 6.07) is 4.39. The number of benzene rings is 1. The van der Waals surface area contributed by atoms with Gasteiger partial charge < -0.3 is 5.32 Å². The quantitative estimate of drug-likeness (QED) is 0.727. The molecule has 4 rings (SSSR count). The molecule has 3 aliphatic carbocycles. The van der Waals surface area contributed by atoms with Crippen LogP contribution < -0.4 is 5.32 Å². The Balaban J connectivity index is 1.57. The summed E-state index contributed by atoms with van der Waals surface area (Å²) in [5, 5.41) is 3.30. The van der Waals surface area contributed by atoms with Gasteiger partial charge in [-0.25, -0.2) is 0 Å². The molecule has 1 aromatic carbocycles. The van der Waals surface area contributed by atoms with E-state index in [-0.39, 0.29) is 5.91 Å². The lowest BCUT2D eigenvalue weighted by atomic mass is 9.80. The second-order valence-electron chi connectivity index (χ2n) is 8.98. The standard InChI is InChI=1S/C24H33NO/c1-16-12-19-10-5-3-4-9-18-14-21(18)23(19)22(13-16)24(26)25-15-20-11-7-6-8-17(20)2/h5,10,12-13,17-18,20-21H,3-4,6-9,11,14-15H2,1-2H3,(H,25,26)/b10-5-/t17?,18?,20-,21?/m0/s1. The third-order valence-electron chi connectivity index (χ3n) is 6.95. The molecule has 1 N–H and O–H groups in total. The summed E-state index contributed by atoms with van der Waals surface area (Å²) in [4.78, 5) is 13.1. The minimum Gasteiger partial charge on any atom is -0.352 e. The van der Waals surface area contributed by atoms with Crippen molar-refractivity contribution in [3.8, 4) is 0 Å². The van der Waals surface area contributed by atoms with Gasteiger partial charge in [0.05, 0.1) is 0 Å². The number of rotatable bonds is 3. The zero-order chi connectivity index (χ0) is 18.1. The fraction of sp³-hybridized carbons (Fsp3) is 0.625. The summed E-state index contributed by atoms with van der Waals surface area (Å²) < 4.78 is 0. The van der Waals surface area contributed by atoms with E-state index in [0.29, 0.717) is 11.8 Å². The molecule has 26 heavy (non-hydrogen) atoms. The van der Waals surface area contributed by atoms with E-state index < -0.39 is 0 Å². The molecule has 2 heteroatoms. The van der Waals surface area contributed by atoms with E-state index in [4.69, 9.17) is 0 Å². The maximum atomic E-state index is 13.1. The molecule has 0 aliphatic heterocycles. The lowest BCUT2D eigenvalue weighted by Crippen LogP contribution is -2.34. The van der Waals surface area contributed by atoms with Crippen LogP contribution in [0.5, 0.6) is 0 Å². The molecule has 0 radical (unpaired) electrons. The molecular weight excluding hydrogens is 318 g/mol. The van der Waals surface area contributed by atoms with Crippen LogP contribution >= 0.6 is 0 Å². The van der Waals surface area contributed by atoms with E-state index in [1.165, 1.54) is 61.6 Å². The van der Waals surface area contributed by atoms with E-state index in [2.05, 4.69) is 43.4 Å². The molecule has 1 amide bonds. The number of carbonyl (C=O) groups excluding carboxylic acids is 1. The highest BCUT2D eigenvalue weighted by atomic mass is 16.1. The second-order valence-corrected chi connectivity index (χ2v) is 8.98. The Bertz CT molecular complexity index is 704. The molecule has 0 bridgehead atoms. The molecule has 2 saturated carbocycles. The van der Waals surface area contributed by atoms with Crippen molar-refractivity contribution < 1.29 is 4.79 Å². The van der Waals surface area contributed by atoms with Gasteiger partial charge in [-0.3, -0.25) is 4.79 Å². The van der Waals surface area contributed by atoms with Gasteiger partial charge in [0.2, 0.25) is 0 Å². The van der Waals surface area contributed by atoms with Crippen molar-refractivity contribution in [1.82, 2.24) is 5.32 Å². The Morgan fingerprint density at radius 2 is 2.00 bits per heavy atom. The van der Waals surface area contributed by atoms with Gasteiger partial charge in [0.25, 0.3) is 5.91 Å². The zero-order valence-electron chi connectivity index (χ0n) is 16.4. The van der Waals surface area contributed by atoms with Crippen LogP contribution in [0.25, 0.3) is 6.08 Å². The molecule has 4 atom stereocenters. The van der Waals surface area contributed by atoms with Crippen LogP contribution in [0.3, 0.4) is 0 Å². The Morgan fingerprint density at radius 1 is 1.15 bits per heavy atom. The predicted octanol–water partition coefficient (Wildman–Crippen LogP) is 5.85. The van der Waals surface area contributed by atoms with Crippen molar-refractivity contribution in [2.45, 2.75) is 71.1 Å². The highest BCUT2D eigenvalue weighted by molar-refractivity contribution is 5.97. The molecule has 0 heterocycles. The van der Waals surface area contributed by atoms with Gasteiger partial charge in [0.1, 0.15) is 0 Å². The van der Waals surface area contributed by atoms with Gasteiger partial charge in [-0.1, -0.05) is 44.4 Å². The fourth-order valence-electron chi connectivity index (χ4n) is 5.21. The maximum Gasteiger partial charge on any atom is 0.251 e. The first-order valence-electron chi connectivity index (χ1n) is 10.7. The third-order valence-corrected chi connectivity index (χ3v) is 6.95. The number of amides is 1. The van der Waals surface area contributed by atoms with Gasteiger partial charge in [-0.2, -0.15) is 0 Å². The van der Waals surface area contributed by atoms with E-state index in [1.54, 1.807) is 0 Å². The van der Waals surface area contributed by atoms with Crippen molar-refractivity contribution in [3.05, 3.63) is 40.5 Å². The highest BCUT2D eigenvalue weighted by Crippen LogP contribution is 2.53. The number of fused-ring (bicyclic) bond motifs is 3. The van der Waals surface area contributed by atoms with Gasteiger partial charge in [0, 0.05) is 12.1 Å². The molecule has 2 nitrogen and oxygen atoms in total. The average Bonchev–Trinajstić information content (AvgIpc) is 3.38. The third kappa shape index (κ3) is 3.75. The summed E-state index contributed by atoms with van der Waals surface area (Å²) in [6.07, 6.45) is 14.8. The van der Waals surface area contributed by atoms with Crippen LogP contribution in [-0.2, 0) is 0 Å². The average molecular weight is 352 g/mol. The minimum atomic E-state index is 0.154. The van der Waals surface area contributed by atoms with Crippen molar-refractivity contribution in [3.63, 3.8) is 0 Å². The zero-order valence-corrected chi connectivity index (χ0v) is 16.4. The number of hydrogen-bond acceptors (Lipinski definition) is 1. The Labute approximate surface area is 158 Å². The summed E-state index contributed by atoms with van der Waals surface area (Å²) in [5.41, 5.74) is 4.76. The molecule has 0 saturated heterocycles. The van der Waals surface area contributed by atoms with E-state index in [1.807, 2.05) is 0 Å². The van der Waals surface area contributed by atoms with Crippen molar-refractivity contribution in [1.29, 1.82) is 0 Å². The van der Waals surface area contributed by atoms with Crippen LogP contribution in [0, 0.1) is 24.7 Å². The first-order chi connectivity index (χ1) is 12.6. The first kappa shape index (κ1) is 17.8. The van der Waals surface area contributed by atoms with Gasteiger partial charge in [0.15, 0.2) is 0 Å². The Morgan fingerprint density at radius 3 is 2.85 bits per heavy atom. The molecule has 3 unspecified atom stereocenters. The number of aryl methyl sites for hydroxylation is 1. The van der Waals surface area contributed by atoms with E-state index in [9.17, 15) is 4.79 Å². The molecule has 2 fully saturated rings. The monoisotopic (exact) mass is 351 g/mol. The number of nitrogens with one attached hydrogen (secondary N) is 1. The van der Waals surface area contributed by atoms with Crippen molar-refractivity contribution in [2.75, 3.05) is 6.54 Å². The molecular formula is C24H33NO. The van der Waals surface area contributed by atoms with Crippen molar-refractivity contribution in [2.24, 2.45) is 17.8 Å². The first-order valence-corrected chi connectivity index (χ1v) is 10.7. The summed E-state index contributed by atoms with van der Waals surface area (Å²) in [6.45, 7) is 5.30. The van der Waals surface area contributed by atoms with Gasteiger partial charge in [-0.15, -0.1) is 0 Å². The van der Waals surface area contributed by atoms with E-state index in [0.717, 1.165) is 30.4 Å². The summed E-state index contributed by atoms with van der Waals surface area (Å²) in [5.74, 6) is 2.93. The fourth-order valence-corrected chi connectivity index (χ4v) is 5.21. The SMILES string of the molecule is Cc1cc2c(c(C(=O)NC[C@@H]3CCCCC3C)c1)C1CC1CCC/C=C\2. The molecule has 0 aromatic heterocycles. The highest BCUT2D eigenvalue weighted by Gasteiger charge is 2.41. The minimum absolute atomic E-state index is 0.154. The van der Waals surface area contributed by atoms with Crippen LogP contribution in [-0.4, -0.2) is 12.5 Å². The van der Waals surface area contributed by atoms with Gasteiger partial charge in [-0.05, 0) is 85.5 Å². The largest absolute Gasteiger partial charge is 0.352 e. The van der Waals surface area contributed by atoms with Crippen molar-refractivity contribution >= 4 is 12.0 Å². The Kier molecular flexibility index (Phi) is 5.20. The lowest BCUT2D eigenvalue weighted by molar-refractivity contribution is 0.0935. The molecule has 140 valence electrons. The predicted molar refractivity (Wildman–Crippen MR) is 108 cm³/mol. The maximum absolute atomic E-state index is 13.1. The second kappa shape index (κ2) is 7.58. The van der Waals surface area contributed by atoms with Crippen LogP contribution in [0.1, 0.15) is 91.3 Å². The van der Waals surface area contributed by atoms with E-state index >= 15 is 0 Å². The Hall–Kier alpha value is -1.57. The number of allylic oxidation sites excluding steroid dienone is 1.